The third kappa shape index (κ3) is 3.36. The summed E-state index contributed by atoms with van der Waals surface area (Å²) in [7, 11) is 0. The number of hydrogen-bond acceptors (Lipinski definition) is 5. The molecule has 0 aromatic carbocycles. The van der Waals surface area contributed by atoms with E-state index in [1.807, 2.05) is 0 Å². The topological polar surface area (TPSA) is 65.7 Å². The van der Waals surface area contributed by atoms with Crippen molar-refractivity contribution in [2.45, 2.75) is 45.3 Å². The van der Waals surface area contributed by atoms with Gasteiger partial charge >= 0.3 is 0 Å². The lowest BCUT2D eigenvalue weighted by Crippen LogP contribution is -2.55. The Labute approximate surface area is 113 Å². The van der Waals surface area contributed by atoms with Crippen LogP contribution in [0.15, 0.2) is 21.5 Å². The van der Waals surface area contributed by atoms with Gasteiger partial charge in [0, 0.05) is 31.2 Å². The van der Waals surface area contributed by atoms with Crippen LogP contribution in [0.3, 0.4) is 0 Å². The maximum absolute atomic E-state index is 11.4. The van der Waals surface area contributed by atoms with E-state index >= 15 is 0 Å². The van der Waals surface area contributed by atoms with Gasteiger partial charge in [0.15, 0.2) is 5.75 Å². The maximum Gasteiger partial charge on any atom is 0.226 e. The van der Waals surface area contributed by atoms with E-state index in [0.29, 0.717) is 24.4 Å². The Balaban J connectivity index is 2.09. The monoisotopic (exact) mass is 266 g/mol. The van der Waals surface area contributed by atoms with Crippen molar-refractivity contribution in [2.24, 2.45) is 0 Å². The average Bonchev–Trinajstić information content (AvgIpc) is 2.43. The summed E-state index contributed by atoms with van der Waals surface area (Å²) in [6, 6.07) is 2.33. The van der Waals surface area contributed by atoms with E-state index < -0.39 is 0 Å². The number of nitrogens with zero attached hydrogens (tertiary/aromatic N) is 1. The summed E-state index contributed by atoms with van der Waals surface area (Å²) in [4.78, 5) is 13.8. The molecule has 0 aliphatic carbocycles. The summed E-state index contributed by atoms with van der Waals surface area (Å²) in [5.41, 5.74) is -0.378. The molecule has 0 saturated carbocycles. The Hall–Kier alpha value is -1.33. The third-order valence-electron chi connectivity index (χ3n) is 3.80. The number of hydrogen-bond donors (Lipinski definition) is 2. The molecule has 1 saturated heterocycles. The van der Waals surface area contributed by atoms with Gasteiger partial charge in [0.05, 0.1) is 6.54 Å². The van der Waals surface area contributed by atoms with Gasteiger partial charge in [0.2, 0.25) is 5.43 Å². The van der Waals surface area contributed by atoms with Crippen LogP contribution in [0.4, 0.5) is 0 Å². The van der Waals surface area contributed by atoms with E-state index in [0.717, 1.165) is 32.2 Å². The number of aromatic hydroxyl groups is 1. The summed E-state index contributed by atoms with van der Waals surface area (Å²) in [5.74, 6) is 0.278. The fourth-order valence-electron chi connectivity index (χ4n) is 2.52. The molecule has 0 amide bonds. The molecule has 1 aromatic rings. The van der Waals surface area contributed by atoms with Crippen molar-refractivity contribution in [1.82, 2.24) is 10.2 Å². The number of rotatable bonds is 4. The zero-order chi connectivity index (χ0) is 13.8. The van der Waals surface area contributed by atoms with Crippen LogP contribution < -0.4 is 10.7 Å². The van der Waals surface area contributed by atoms with Gasteiger partial charge in [-0.3, -0.25) is 9.69 Å². The summed E-state index contributed by atoms with van der Waals surface area (Å²) < 4.78 is 5.29. The molecule has 1 aromatic heterocycles. The molecule has 2 unspecified atom stereocenters. The Kier molecular flexibility index (Phi) is 4.61. The van der Waals surface area contributed by atoms with E-state index in [1.165, 1.54) is 6.07 Å². The highest BCUT2D eigenvalue weighted by atomic mass is 16.4. The molecule has 2 N–H and O–H groups in total. The van der Waals surface area contributed by atoms with Crippen LogP contribution in [-0.2, 0) is 6.54 Å². The second-order valence-electron chi connectivity index (χ2n) is 5.10. The van der Waals surface area contributed by atoms with Gasteiger partial charge in [-0.25, -0.2) is 0 Å². The lowest BCUT2D eigenvalue weighted by molar-refractivity contribution is 0.108. The molecule has 0 radical (unpaired) electrons. The third-order valence-corrected chi connectivity index (χ3v) is 3.80. The highest BCUT2D eigenvalue weighted by Gasteiger charge is 2.26. The molecule has 5 heteroatoms. The van der Waals surface area contributed by atoms with Crippen molar-refractivity contribution >= 4 is 0 Å². The largest absolute Gasteiger partial charge is 0.502 e. The molecular formula is C14H22N2O3. The Morgan fingerprint density at radius 2 is 2.26 bits per heavy atom. The first-order valence-electron chi connectivity index (χ1n) is 6.92. The van der Waals surface area contributed by atoms with Crippen molar-refractivity contribution in [3.8, 4) is 5.75 Å². The first-order valence-corrected chi connectivity index (χ1v) is 6.92. The van der Waals surface area contributed by atoms with Gasteiger partial charge in [-0.2, -0.15) is 0 Å². The molecule has 0 spiro atoms. The SMILES string of the molecule is CCC1CN(Cc2cc(=O)c(O)co2)C(CC)CN1. The van der Waals surface area contributed by atoms with Crippen LogP contribution in [-0.4, -0.2) is 35.2 Å². The van der Waals surface area contributed by atoms with Gasteiger partial charge in [0.25, 0.3) is 0 Å². The van der Waals surface area contributed by atoms with Crippen LogP contribution in [0, 0.1) is 0 Å². The van der Waals surface area contributed by atoms with Crippen LogP contribution in [0.5, 0.6) is 5.75 Å². The second kappa shape index (κ2) is 6.21. The molecule has 1 aliphatic heterocycles. The van der Waals surface area contributed by atoms with Gasteiger partial charge in [-0.15, -0.1) is 0 Å². The minimum Gasteiger partial charge on any atom is -0.502 e. The predicted octanol–water partition coefficient (Wildman–Crippen LogP) is 1.31. The summed E-state index contributed by atoms with van der Waals surface area (Å²) in [6.45, 7) is 6.88. The van der Waals surface area contributed by atoms with Gasteiger partial charge < -0.3 is 14.8 Å². The molecule has 106 valence electrons. The zero-order valence-corrected chi connectivity index (χ0v) is 11.6. The lowest BCUT2D eigenvalue weighted by Gasteiger charge is -2.39. The van der Waals surface area contributed by atoms with E-state index in [1.54, 1.807) is 0 Å². The standard InChI is InChI=1S/C14H22N2O3/c1-3-10-7-16(11(4-2)6-15-10)8-12-5-13(17)14(18)9-19-12/h5,9-11,15,18H,3-4,6-8H2,1-2H3. The second-order valence-corrected chi connectivity index (χ2v) is 5.10. The highest BCUT2D eigenvalue weighted by molar-refractivity contribution is 5.15. The van der Waals surface area contributed by atoms with E-state index in [4.69, 9.17) is 4.42 Å². The normalized spacial score (nSPS) is 24.5. The van der Waals surface area contributed by atoms with Crippen LogP contribution >= 0.6 is 0 Å². The molecule has 2 atom stereocenters. The van der Waals surface area contributed by atoms with Crippen LogP contribution in [0.2, 0.25) is 0 Å². The van der Waals surface area contributed by atoms with Gasteiger partial charge in [-0.1, -0.05) is 13.8 Å². The fourth-order valence-corrected chi connectivity index (χ4v) is 2.52. The van der Waals surface area contributed by atoms with E-state index in [2.05, 4.69) is 24.1 Å². The van der Waals surface area contributed by atoms with Crippen molar-refractivity contribution in [3.05, 3.63) is 28.3 Å². The fraction of sp³-hybridized carbons (Fsp3) is 0.643. The van der Waals surface area contributed by atoms with Gasteiger partial charge in [-0.05, 0) is 12.8 Å². The smallest absolute Gasteiger partial charge is 0.226 e. The zero-order valence-electron chi connectivity index (χ0n) is 11.6. The summed E-state index contributed by atoms with van der Waals surface area (Å²) in [6.07, 6.45) is 3.27. The van der Waals surface area contributed by atoms with E-state index in [9.17, 15) is 9.90 Å². The minimum atomic E-state index is -0.378. The highest BCUT2D eigenvalue weighted by Crippen LogP contribution is 2.16. The van der Waals surface area contributed by atoms with E-state index in [-0.39, 0.29) is 11.2 Å². The molecule has 2 heterocycles. The Morgan fingerprint density at radius 3 is 2.89 bits per heavy atom. The molecule has 0 bridgehead atoms. The predicted molar refractivity (Wildman–Crippen MR) is 73.2 cm³/mol. The molecule has 2 rings (SSSR count). The minimum absolute atomic E-state index is 0.331. The molecule has 19 heavy (non-hydrogen) atoms. The van der Waals surface area contributed by atoms with Crippen molar-refractivity contribution in [3.63, 3.8) is 0 Å². The number of piperazine rings is 1. The maximum atomic E-state index is 11.4. The molecule has 5 nitrogen and oxygen atoms in total. The van der Waals surface area contributed by atoms with Crippen LogP contribution in [0.1, 0.15) is 32.4 Å². The van der Waals surface area contributed by atoms with Crippen molar-refractivity contribution < 1.29 is 9.52 Å². The summed E-state index contributed by atoms with van der Waals surface area (Å²) >= 11 is 0. The van der Waals surface area contributed by atoms with Crippen molar-refractivity contribution in [2.75, 3.05) is 13.1 Å². The average molecular weight is 266 g/mol. The summed E-state index contributed by atoms with van der Waals surface area (Å²) in [5, 5.41) is 12.7. The molecular weight excluding hydrogens is 244 g/mol. The van der Waals surface area contributed by atoms with Crippen molar-refractivity contribution in [1.29, 1.82) is 0 Å². The Morgan fingerprint density at radius 1 is 1.47 bits per heavy atom. The molecule has 1 fully saturated rings. The first-order chi connectivity index (χ1) is 9.13. The number of nitrogens with one attached hydrogen (secondary N) is 1. The first kappa shape index (κ1) is 14.1. The van der Waals surface area contributed by atoms with Gasteiger partial charge in [0.1, 0.15) is 12.0 Å². The molecule has 1 aliphatic rings. The Bertz CT molecular complexity index is 472. The quantitative estimate of drug-likeness (QED) is 0.860. The van der Waals surface area contributed by atoms with Crippen LogP contribution in [0.25, 0.3) is 0 Å². The lowest BCUT2D eigenvalue weighted by atomic mass is 10.1.